The highest BCUT2D eigenvalue weighted by molar-refractivity contribution is 5.44. The normalized spacial score (nSPS) is 12.8. The predicted octanol–water partition coefficient (Wildman–Crippen LogP) is 1.93. The van der Waals surface area contributed by atoms with Crippen molar-refractivity contribution in [3.63, 3.8) is 0 Å². The van der Waals surface area contributed by atoms with E-state index in [1.807, 2.05) is 6.20 Å². The van der Waals surface area contributed by atoms with E-state index in [1.165, 1.54) is 11.4 Å². The van der Waals surface area contributed by atoms with Crippen molar-refractivity contribution in [1.29, 1.82) is 0 Å². The van der Waals surface area contributed by atoms with Crippen LogP contribution in [-0.2, 0) is 11.3 Å². The van der Waals surface area contributed by atoms with Gasteiger partial charge in [0.15, 0.2) is 0 Å². The van der Waals surface area contributed by atoms with Gasteiger partial charge in [0, 0.05) is 39.9 Å². The summed E-state index contributed by atoms with van der Waals surface area (Å²) in [6.45, 7) is 6.07. The van der Waals surface area contributed by atoms with Crippen molar-refractivity contribution < 1.29 is 4.74 Å². The summed E-state index contributed by atoms with van der Waals surface area (Å²) in [6, 6.07) is 0. The Labute approximate surface area is 98.2 Å². The number of ether oxygens (including phenoxy) is 1. The van der Waals surface area contributed by atoms with E-state index in [4.69, 9.17) is 4.74 Å². The molecule has 1 atom stereocenters. The molecule has 0 saturated heterocycles. The third kappa shape index (κ3) is 3.23. The van der Waals surface area contributed by atoms with Crippen LogP contribution < -0.4 is 4.90 Å². The van der Waals surface area contributed by atoms with Gasteiger partial charge in [-0.25, -0.2) is 4.68 Å². The van der Waals surface area contributed by atoms with Crippen LogP contribution >= 0.6 is 0 Å². The summed E-state index contributed by atoms with van der Waals surface area (Å²) in [5, 5.41) is 4.40. The molecule has 4 nitrogen and oxygen atoms in total. The summed E-state index contributed by atoms with van der Waals surface area (Å²) in [6.07, 6.45) is 3.02. The molecule has 0 spiro atoms. The maximum absolute atomic E-state index is 5.13. The Balaban J connectivity index is 2.60. The van der Waals surface area contributed by atoms with E-state index in [2.05, 4.69) is 42.6 Å². The zero-order valence-corrected chi connectivity index (χ0v) is 11.0. The van der Waals surface area contributed by atoms with Gasteiger partial charge in [0.1, 0.15) is 5.82 Å². The SMILES string of the molecule is COCC(C)CCn1ncc(C)c1N(C)C. The van der Waals surface area contributed by atoms with Crippen LogP contribution in [0.2, 0.25) is 0 Å². The minimum atomic E-state index is 0.574. The molecule has 0 amide bonds. The van der Waals surface area contributed by atoms with Crippen LogP contribution in [0, 0.1) is 12.8 Å². The lowest BCUT2D eigenvalue weighted by atomic mass is 10.1. The first-order chi connectivity index (χ1) is 7.56. The number of hydrogen-bond donors (Lipinski definition) is 0. The summed E-state index contributed by atoms with van der Waals surface area (Å²) in [7, 11) is 5.86. The van der Waals surface area contributed by atoms with E-state index in [0.717, 1.165) is 19.6 Å². The molecule has 0 bridgehead atoms. The monoisotopic (exact) mass is 225 g/mol. The zero-order valence-electron chi connectivity index (χ0n) is 11.0. The molecule has 0 radical (unpaired) electrons. The Morgan fingerprint density at radius 1 is 1.50 bits per heavy atom. The van der Waals surface area contributed by atoms with Crippen molar-refractivity contribution in [3.05, 3.63) is 11.8 Å². The number of aromatic nitrogens is 2. The van der Waals surface area contributed by atoms with Crippen molar-refractivity contribution >= 4 is 5.82 Å². The number of anilines is 1. The van der Waals surface area contributed by atoms with E-state index in [0.29, 0.717) is 5.92 Å². The summed E-state index contributed by atoms with van der Waals surface area (Å²) < 4.78 is 7.21. The first kappa shape index (κ1) is 13.0. The highest BCUT2D eigenvalue weighted by Crippen LogP contribution is 2.18. The van der Waals surface area contributed by atoms with Gasteiger partial charge in [0.2, 0.25) is 0 Å². The Morgan fingerprint density at radius 3 is 2.75 bits per heavy atom. The van der Waals surface area contributed by atoms with Crippen LogP contribution in [0.4, 0.5) is 5.82 Å². The van der Waals surface area contributed by atoms with E-state index >= 15 is 0 Å². The Morgan fingerprint density at radius 2 is 2.19 bits per heavy atom. The van der Waals surface area contributed by atoms with Crippen molar-refractivity contribution in [2.45, 2.75) is 26.8 Å². The molecule has 1 unspecified atom stereocenters. The summed E-state index contributed by atoms with van der Waals surface area (Å²) in [5.74, 6) is 1.77. The topological polar surface area (TPSA) is 30.3 Å². The smallest absolute Gasteiger partial charge is 0.129 e. The van der Waals surface area contributed by atoms with Gasteiger partial charge in [0.25, 0.3) is 0 Å². The first-order valence-corrected chi connectivity index (χ1v) is 5.75. The van der Waals surface area contributed by atoms with Gasteiger partial charge in [-0.1, -0.05) is 6.92 Å². The van der Waals surface area contributed by atoms with E-state index in [-0.39, 0.29) is 0 Å². The fourth-order valence-corrected chi connectivity index (χ4v) is 1.93. The van der Waals surface area contributed by atoms with Crippen LogP contribution in [0.3, 0.4) is 0 Å². The standard InChI is InChI=1S/C12H23N3O/c1-10(9-16-5)6-7-15-12(14(3)4)11(2)8-13-15/h8,10H,6-7,9H2,1-5H3. The van der Waals surface area contributed by atoms with Crippen molar-refractivity contribution in [2.24, 2.45) is 5.92 Å². The van der Waals surface area contributed by atoms with Crippen LogP contribution in [-0.4, -0.2) is 37.6 Å². The maximum atomic E-state index is 5.13. The zero-order chi connectivity index (χ0) is 12.1. The molecule has 16 heavy (non-hydrogen) atoms. The third-order valence-corrected chi connectivity index (χ3v) is 2.70. The van der Waals surface area contributed by atoms with Gasteiger partial charge in [-0.2, -0.15) is 5.10 Å². The lowest BCUT2D eigenvalue weighted by Gasteiger charge is -2.17. The Hall–Kier alpha value is -1.03. The maximum Gasteiger partial charge on any atom is 0.129 e. The number of aryl methyl sites for hydroxylation is 2. The van der Waals surface area contributed by atoms with E-state index in [9.17, 15) is 0 Å². The highest BCUT2D eigenvalue weighted by Gasteiger charge is 2.10. The lowest BCUT2D eigenvalue weighted by molar-refractivity contribution is 0.152. The quantitative estimate of drug-likeness (QED) is 0.741. The fourth-order valence-electron chi connectivity index (χ4n) is 1.93. The molecule has 4 heteroatoms. The summed E-state index contributed by atoms with van der Waals surface area (Å²) in [4.78, 5) is 2.11. The molecule has 0 aliphatic carbocycles. The molecule has 1 heterocycles. The summed E-state index contributed by atoms with van der Waals surface area (Å²) >= 11 is 0. The third-order valence-electron chi connectivity index (χ3n) is 2.70. The lowest BCUT2D eigenvalue weighted by Crippen LogP contribution is -2.17. The van der Waals surface area contributed by atoms with Crippen molar-refractivity contribution in [1.82, 2.24) is 9.78 Å². The molecular formula is C12H23N3O. The molecule has 0 saturated carbocycles. The molecular weight excluding hydrogens is 202 g/mol. The van der Waals surface area contributed by atoms with Gasteiger partial charge in [-0.3, -0.25) is 0 Å². The van der Waals surface area contributed by atoms with Gasteiger partial charge in [0.05, 0.1) is 6.20 Å². The van der Waals surface area contributed by atoms with E-state index in [1.54, 1.807) is 7.11 Å². The van der Waals surface area contributed by atoms with Gasteiger partial charge in [-0.05, 0) is 19.3 Å². The van der Waals surface area contributed by atoms with E-state index < -0.39 is 0 Å². The van der Waals surface area contributed by atoms with Crippen LogP contribution in [0.1, 0.15) is 18.9 Å². The average Bonchev–Trinajstić information content (AvgIpc) is 2.57. The second kappa shape index (κ2) is 5.89. The van der Waals surface area contributed by atoms with Crippen molar-refractivity contribution in [2.75, 3.05) is 32.7 Å². The van der Waals surface area contributed by atoms with Gasteiger partial charge in [-0.15, -0.1) is 0 Å². The second-order valence-corrected chi connectivity index (χ2v) is 4.62. The number of methoxy groups -OCH3 is 1. The molecule has 92 valence electrons. The minimum Gasteiger partial charge on any atom is -0.384 e. The molecule has 1 rings (SSSR count). The van der Waals surface area contributed by atoms with Crippen molar-refractivity contribution in [3.8, 4) is 0 Å². The largest absolute Gasteiger partial charge is 0.384 e. The van der Waals surface area contributed by atoms with Crippen LogP contribution in [0.15, 0.2) is 6.20 Å². The molecule has 0 aliphatic heterocycles. The molecule has 0 N–H and O–H groups in total. The number of nitrogens with zero attached hydrogens (tertiary/aromatic N) is 3. The average molecular weight is 225 g/mol. The fraction of sp³-hybridized carbons (Fsp3) is 0.750. The van der Waals surface area contributed by atoms with Gasteiger partial charge >= 0.3 is 0 Å². The second-order valence-electron chi connectivity index (χ2n) is 4.62. The Bertz CT molecular complexity index is 320. The van der Waals surface area contributed by atoms with Crippen LogP contribution in [0.25, 0.3) is 0 Å². The highest BCUT2D eigenvalue weighted by atomic mass is 16.5. The van der Waals surface area contributed by atoms with Gasteiger partial charge < -0.3 is 9.64 Å². The Kier molecular flexibility index (Phi) is 4.80. The van der Waals surface area contributed by atoms with Crippen LogP contribution in [0.5, 0.6) is 0 Å². The summed E-state index contributed by atoms with van der Waals surface area (Å²) in [5.41, 5.74) is 1.23. The molecule has 0 aliphatic rings. The minimum absolute atomic E-state index is 0.574. The molecule has 1 aromatic heterocycles. The molecule has 1 aromatic rings. The molecule has 0 aromatic carbocycles. The number of rotatable bonds is 6. The first-order valence-electron chi connectivity index (χ1n) is 5.75. The molecule has 0 fully saturated rings. The number of hydrogen-bond acceptors (Lipinski definition) is 3. The predicted molar refractivity (Wildman–Crippen MR) is 66.9 cm³/mol.